The number of sulfonamides is 1. The monoisotopic (exact) mass is 354 g/mol. The lowest BCUT2D eigenvalue weighted by Crippen LogP contribution is -2.31. The second kappa shape index (κ2) is 9.03. The normalized spacial score (nSPS) is 12.4. The minimum Gasteiger partial charge on any atom is -0.323 e. The first-order chi connectivity index (χ1) is 10.5. The summed E-state index contributed by atoms with van der Waals surface area (Å²) in [5.74, 6) is 0. The fraction of sp³-hybridized carbons (Fsp3) is 0.294. The summed E-state index contributed by atoms with van der Waals surface area (Å²) in [5.41, 5.74) is 8.06. The molecule has 0 bridgehead atoms. The maximum Gasteiger partial charge on any atom is 0.240 e. The summed E-state index contributed by atoms with van der Waals surface area (Å²) in [7, 11) is -3.53. The van der Waals surface area contributed by atoms with E-state index in [0.717, 1.165) is 24.0 Å². The van der Waals surface area contributed by atoms with Crippen molar-refractivity contribution in [2.45, 2.75) is 30.7 Å². The molecule has 0 aliphatic carbocycles. The summed E-state index contributed by atoms with van der Waals surface area (Å²) < 4.78 is 27.1. The lowest BCUT2D eigenvalue weighted by Gasteiger charge is -2.13. The Hall–Kier alpha value is -1.40. The van der Waals surface area contributed by atoms with Crippen molar-refractivity contribution in [3.8, 4) is 0 Å². The lowest BCUT2D eigenvalue weighted by atomic mass is 10.1. The fourth-order valence-corrected chi connectivity index (χ4v) is 3.28. The van der Waals surface area contributed by atoms with E-state index in [1.807, 2.05) is 42.5 Å². The molecule has 4 nitrogen and oxygen atoms in total. The molecule has 3 N–H and O–H groups in total. The van der Waals surface area contributed by atoms with Gasteiger partial charge in [0.05, 0.1) is 4.90 Å². The zero-order chi connectivity index (χ0) is 16.0. The van der Waals surface area contributed by atoms with Gasteiger partial charge in [-0.25, -0.2) is 13.1 Å². The predicted octanol–water partition coefficient (Wildman–Crippen LogP) is 3.04. The van der Waals surface area contributed by atoms with Gasteiger partial charge in [-0.1, -0.05) is 55.8 Å². The summed E-state index contributed by atoms with van der Waals surface area (Å²) in [6.07, 6.45) is 1.99. The van der Waals surface area contributed by atoms with Crippen LogP contribution < -0.4 is 10.5 Å². The van der Waals surface area contributed by atoms with Gasteiger partial charge in [0.1, 0.15) is 0 Å². The van der Waals surface area contributed by atoms with Crippen LogP contribution in [0.5, 0.6) is 0 Å². The average molecular weight is 355 g/mol. The largest absolute Gasteiger partial charge is 0.323 e. The number of halogens is 1. The molecule has 0 fully saturated rings. The summed E-state index contributed by atoms with van der Waals surface area (Å²) >= 11 is 0. The van der Waals surface area contributed by atoms with E-state index in [1.54, 1.807) is 12.1 Å². The summed E-state index contributed by atoms with van der Waals surface area (Å²) in [5, 5.41) is 0. The first kappa shape index (κ1) is 19.6. The van der Waals surface area contributed by atoms with Crippen LogP contribution in [0.3, 0.4) is 0 Å². The second-order valence-electron chi connectivity index (χ2n) is 5.26. The van der Waals surface area contributed by atoms with E-state index in [1.165, 1.54) is 0 Å². The van der Waals surface area contributed by atoms with Crippen LogP contribution in [0.4, 0.5) is 0 Å². The smallest absolute Gasteiger partial charge is 0.240 e. The van der Waals surface area contributed by atoms with E-state index >= 15 is 0 Å². The SMILES string of the molecule is CCCc1ccc(S(=O)(=O)NCC(N)c2ccccc2)cc1.Cl. The number of nitrogens with one attached hydrogen (secondary N) is 1. The molecule has 0 heterocycles. The molecule has 0 saturated carbocycles. The Bertz CT molecular complexity index is 688. The van der Waals surface area contributed by atoms with E-state index in [0.29, 0.717) is 0 Å². The van der Waals surface area contributed by atoms with Crippen molar-refractivity contribution in [3.63, 3.8) is 0 Å². The minimum atomic E-state index is -3.53. The Balaban J connectivity index is 0.00000264. The summed E-state index contributed by atoms with van der Waals surface area (Å²) in [6, 6.07) is 16.1. The van der Waals surface area contributed by atoms with Crippen LogP contribution in [0, 0.1) is 0 Å². The van der Waals surface area contributed by atoms with Crippen LogP contribution in [0.25, 0.3) is 0 Å². The van der Waals surface area contributed by atoms with Gasteiger partial charge in [0.15, 0.2) is 0 Å². The molecule has 126 valence electrons. The quantitative estimate of drug-likeness (QED) is 0.802. The van der Waals surface area contributed by atoms with Crippen LogP contribution in [0.15, 0.2) is 59.5 Å². The van der Waals surface area contributed by atoms with Crippen molar-refractivity contribution in [2.24, 2.45) is 5.73 Å². The van der Waals surface area contributed by atoms with Gasteiger partial charge in [0.2, 0.25) is 10.0 Å². The van der Waals surface area contributed by atoms with Gasteiger partial charge in [0.25, 0.3) is 0 Å². The van der Waals surface area contributed by atoms with E-state index in [2.05, 4.69) is 11.6 Å². The Morgan fingerprint density at radius 3 is 2.22 bits per heavy atom. The predicted molar refractivity (Wildman–Crippen MR) is 96.2 cm³/mol. The maximum atomic E-state index is 12.3. The van der Waals surface area contributed by atoms with Gasteiger partial charge < -0.3 is 5.73 Å². The highest BCUT2D eigenvalue weighted by molar-refractivity contribution is 7.89. The molecule has 1 atom stereocenters. The molecule has 0 aliphatic rings. The van der Waals surface area contributed by atoms with Gasteiger partial charge in [-0.15, -0.1) is 12.4 Å². The number of aryl methyl sites for hydroxylation is 1. The highest BCUT2D eigenvalue weighted by Crippen LogP contribution is 2.13. The van der Waals surface area contributed by atoms with Crippen LogP contribution in [0.2, 0.25) is 0 Å². The average Bonchev–Trinajstić information content (AvgIpc) is 2.54. The first-order valence-corrected chi connectivity index (χ1v) is 8.90. The first-order valence-electron chi connectivity index (χ1n) is 7.42. The third-order valence-corrected chi connectivity index (χ3v) is 4.93. The fourth-order valence-electron chi connectivity index (χ4n) is 2.22. The Morgan fingerprint density at radius 1 is 1.04 bits per heavy atom. The van der Waals surface area contributed by atoms with Crippen LogP contribution in [0.1, 0.15) is 30.5 Å². The van der Waals surface area contributed by atoms with Crippen molar-refractivity contribution < 1.29 is 8.42 Å². The van der Waals surface area contributed by atoms with E-state index in [4.69, 9.17) is 5.73 Å². The Kier molecular flexibility index (Phi) is 7.72. The van der Waals surface area contributed by atoms with Crippen molar-refractivity contribution in [3.05, 3.63) is 65.7 Å². The molecule has 0 saturated heterocycles. The summed E-state index contributed by atoms with van der Waals surface area (Å²) in [4.78, 5) is 0.271. The highest BCUT2D eigenvalue weighted by Gasteiger charge is 2.15. The van der Waals surface area contributed by atoms with Gasteiger partial charge in [-0.3, -0.25) is 0 Å². The molecule has 23 heavy (non-hydrogen) atoms. The van der Waals surface area contributed by atoms with E-state index in [-0.39, 0.29) is 29.9 Å². The Labute approximate surface area is 144 Å². The molecule has 0 aliphatic heterocycles. The zero-order valence-corrected chi connectivity index (χ0v) is 14.7. The second-order valence-corrected chi connectivity index (χ2v) is 7.03. The topological polar surface area (TPSA) is 72.2 Å². The number of benzene rings is 2. The van der Waals surface area contributed by atoms with E-state index in [9.17, 15) is 8.42 Å². The minimum absolute atomic E-state index is 0. The highest BCUT2D eigenvalue weighted by atomic mass is 35.5. The molecular weight excluding hydrogens is 332 g/mol. The van der Waals surface area contributed by atoms with Crippen molar-refractivity contribution in [1.82, 2.24) is 4.72 Å². The van der Waals surface area contributed by atoms with Crippen LogP contribution in [-0.2, 0) is 16.4 Å². The van der Waals surface area contributed by atoms with E-state index < -0.39 is 10.0 Å². The molecule has 2 aromatic carbocycles. The molecule has 2 aromatic rings. The number of rotatable bonds is 7. The number of hydrogen-bond acceptors (Lipinski definition) is 3. The van der Waals surface area contributed by atoms with Crippen molar-refractivity contribution in [2.75, 3.05) is 6.54 Å². The van der Waals surface area contributed by atoms with Crippen molar-refractivity contribution >= 4 is 22.4 Å². The molecule has 6 heteroatoms. The third kappa shape index (κ3) is 5.62. The van der Waals surface area contributed by atoms with Gasteiger partial charge in [-0.05, 0) is 29.7 Å². The molecule has 1 unspecified atom stereocenters. The molecular formula is C17H23ClN2O2S. The Morgan fingerprint density at radius 2 is 1.65 bits per heavy atom. The van der Waals surface area contributed by atoms with Crippen molar-refractivity contribution in [1.29, 1.82) is 0 Å². The molecule has 0 spiro atoms. The number of hydrogen-bond donors (Lipinski definition) is 2. The van der Waals surface area contributed by atoms with Crippen LogP contribution in [-0.4, -0.2) is 15.0 Å². The third-order valence-electron chi connectivity index (χ3n) is 3.49. The van der Waals surface area contributed by atoms with Gasteiger partial charge in [-0.2, -0.15) is 0 Å². The van der Waals surface area contributed by atoms with Gasteiger partial charge >= 0.3 is 0 Å². The molecule has 0 amide bonds. The lowest BCUT2D eigenvalue weighted by molar-refractivity contribution is 0.572. The number of nitrogens with two attached hydrogens (primary N) is 1. The standard InChI is InChI=1S/C17H22N2O2S.ClH/c1-2-6-14-9-11-16(12-10-14)22(20,21)19-13-17(18)15-7-4-3-5-8-15;/h3-5,7-12,17,19H,2,6,13,18H2,1H3;1H. The molecule has 0 aromatic heterocycles. The maximum absolute atomic E-state index is 12.3. The molecule has 2 rings (SSSR count). The molecule has 0 radical (unpaired) electrons. The van der Waals surface area contributed by atoms with Crippen LogP contribution >= 0.6 is 12.4 Å². The zero-order valence-electron chi connectivity index (χ0n) is 13.1. The van der Waals surface area contributed by atoms with Gasteiger partial charge in [0, 0.05) is 12.6 Å². The summed E-state index contributed by atoms with van der Waals surface area (Å²) in [6.45, 7) is 2.26.